The SMILES string of the molecule is COc1ccc(NC(N)=NCCC(C)c2cccc(C(F)(F)F)c2)cc1OC. The summed E-state index contributed by atoms with van der Waals surface area (Å²) < 4.78 is 48.9. The van der Waals surface area contributed by atoms with Crippen LogP contribution < -0.4 is 20.5 Å². The largest absolute Gasteiger partial charge is 0.493 e. The molecule has 0 aliphatic rings. The van der Waals surface area contributed by atoms with Gasteiger partial charge < -0.3 is 20.5 Å². The second-order valence-electron chi connectivity index (χ2n) is 6.27. The molecule has 28 heavy (non-hydrogen) atoms. The van der Waals surface area contributed by atoms with Crippen molar-refractivity contribution < 1.29 is 22.6 Å². The lowest BCUT2D eigenvalue weighted by atomic mass is 9.96. The molecule has 3 N–H and O–H groups in total. The number of anilines is 1. The van der Waals surface area contributed by atoms with Crippen molar-refractivity contribution in [3.8, 4) is 11.5 Å². The van der Waals surface area contributed by atoms with Gasteiger partial charge >= 0.3 is 6.18 Å². The summed E-state index contributed by atoms with van der Waals surface area (Å²) in [7, 11) is 3.08. The summed E-state index contributed by atoms with van der Waals surface area (Å²) in [5.74, 6) is 1.28. The van der Waals surface area contributed by atoms with E-state index in [-0.39, 0.29) is 11.9 Å². The zero-order valence-electron chi connectivity index (χ0n) is 16.0. The van der Waals surface area contributed by atoms with Gasteiger partial charge in [-0.1, -0.05) is 25.1 Å². The number of nitrogens with one attached hydrogen (secondary N) is 1. The minimum absolute atomic E-state index is 0.0834. The van der Waals surface area contributed by atoms with Crippen molar-refractivity contribution in [3.05, 3.63) is 53.6 Å². The zero-order chi connectivity index (χ0) is 20.7. The molecule has 0 aromatic heterocycles. The molecule has 0 fully saturated rings. The van der Waals surface area contributed by atoms with Gasteiger partial charge in [-0.2, -0.15) is 13.2 Å². The first kappa shape index (κ1) is 21.4. The van der Waals surface area contributed by atoms with Gasteiger partial charge in [-0.3, -0.25) is 4.99 Å². The fraction of sp³-hybridized carbons (Fsp3) is 0.350. The van der Waals surface area contributed by atoms with Gasteiger partial charge in [0.1, 0.15) is 0 Å². The first-order valence-corrected chi connectivity index (χ1v) is 8.70. The van der Waals surface area contributed by atoms with E-state index in [1.54, 1.807) is 31.4 Å². The number of guanidine groups is 1. The predicted molar refractivity (Wildman–Crippen MR) is 104 cm³/mol. The minimum Gasteiger partial charge on any atom is -0.493 e. The molecular weight excluding hydrogens is 371 g/mol. The van der Waals surface area contributed by atoms with Gasteiger partial charge in [0, 0.05) is 18.3 Å². The summed E-state index contributed by atoms with van der Waals surface area (Å²) in [5, 5.41) is 2.95. The van der Waals surface area contributed by atoms with E-state index in [1.165, 1.54) is 19.2 Å². The van der Waals surface area contributed by atoms with Crippen LogP contribution in [-0.2, 0) is 6.18 Å². The molecule has 5 nitrogen and oxygen atoms in total. The molecule has 152 valence electrons. The van der Waals surface area contributed by atoms with Crippen LogP contribution in [0.5, 0.6) is 11.5 Å². The molecule has 1 atom stereocenters. The summed E-state index contributed by atoms with van der Waals surface area (Å²) in [6.45, 7) is 2.24. The van der Waals surface area contributed by atoms with E-state index in [4.69, 9.17) is 15.2 Å². The van der Waals surface area contributed by atoms with Crippen LogP contribution >= 0.6 is 0 Å². The number of hydrogen-bond donors (Lipinski definition) is 2. The highest BCUT2D eigenvalue weighted by Crippen LogP contribution is 2.32. The Labute approximate surface area is 162 Å². The Morgan fingerprint density at radius 1 is 1.11 bits per heavy atom. The van der Waals surface area contributed by atoms with Gasteiger partial charge in [-0.25, -0.2) is 0 Å². The maximum absolute atomic E-state index is 12.8. The quantitative estimate of drug-likeness (QED) is 0.529. The Balaban J connectivity index is 1.95. The van der Waals surface area contributed by atoms with Gasteiger partial charge in [-0.05, 0) is 36.1 Å². The van der Waals surface area contributed by atoms with Crippen molar-refractivity contribution in [2.75, 3.05) is 26.1 Å². The molecule has 2 aromatic rings. The van der Waals surface area contributed by atoms with Crippen molar-refractivity contribution in [2.45, 2.75) is 25.4 Å². The third kappa shape index (κ3) is 5.80. The number of hydrogen-bond acceptors (Lipinski definition) is 3. The topological polar surface area (TPSA) is 68.9 Å². The Bertz CT molecular complexity index is 823. The Hall–Kier alpha value is -2.90. The normalized spacial score (nSPS) is 13.1. The fourth-order valence-corrected chi connectivity index (χ4v) is 2.67. The number of nitrogens with zero attached hydrogens (tertiary/aromatic N) is 1. The highest BCUT2D eigenvalue weighted by atomic mass is 19.4. The van der Waals surface area contributed by atoms with E-state index in [9.17, 15) is 13.2 Å². The van der Waals surface area contributed by atoms with Gasteiger partial charge in [-0.15, -0.1) is 0 Å². The number of halogens is 3. The Morgan fingerprint density at radius 2 is 1.82 bits per heavy atom. The number of benzene rings is 2. The number of methoxy groups -OCH3 is 2. The predicted octanol–water partition coefficient (Wildman–Crippen LogP) is 4.64. The second kappa shape index (κ2) is 9.34. The van der Waals surface area contributed by atoms with Crippen LogP contribution in [0.2, 0.25) is 0 Å². The van der Waals surface area contributed by atoms with Crippen LogP contribution in [0, 0.1) is 0 Å². The second-order valence-corrected chi connectivity index (χ2v) is 6.27. The third-order valence-corrected chi connectivity index (χ3v) is 4.28. The number of nitrogens with two attached hydrogens (primary N) is 1. The third-order valence-electron chi connectivity index (χ3n) is 4.28. The first-order chi connectivity index (χ1) is 13.2. The Morgan fingerprint density at radius 3 is 2.46 bits per heavy atom. The zero-order valence-corrected chi connectivity index (χ0v) is 16.0. The summed E-state index contributed by atoms with van der Waals surface area (Å²) in [4.78, 5) is 4.24. The van der Waals surface area contributed by atoms with Gasteiger partial charge in [0.25, 0.3) is 0 Å². The maximum Gasteiger partial charge on any atom is 0.416 e. The van der Waals surface area contributed by atoms with Crippen LogP contribution in [0.15, 0.2) is 47.5 Å². The summed E-state index contributed by atoms with van der Waals surface area (Å²) >= 11 is 0. The molecule has 8 heteroatoms. The number of rotatable bonds is 7. The van der Waals surface area contributed by atoms with Crippen LogP contribution in [0.1, 0.15) is 30.4 Å². The van der Waals surface area contributed by atoms with Crippen LogP contribution in [0.4, 0.5) is 18.9 Å². The standard InChI is InChI=1S/C20H24F3N3O2/c1-13(14-5-4-6-15(11-14)20(21,22)23)9-10-25-19(24)26-16-7-8-17(27-2)18(12-16)28-3/h4-8,11-13H,9-10H2,1-3H3,(H3,24,25,26). The van der Waals surface area contributed by atoms with Crippen LogP contribution in [0.3, 0.4) is 0 Å². The van der Waals surface area contributed by atoms with Gasteiger partial charge in [0.05, 0.1) is 19.8 Å². The van der Waals surface area contributed by atoms with Gasteiger partial charge in [0.15, 0.2) is 17.5 Å². The molecule has 0 saturated carbocycles. The molecule has 0 bridgehead atoms. The van der Waals surface area contributed by atoms with E-state index >= 15 is 0 Å². The van der Waals surface area contributed by atoms with Crippen molar-refractivity contribution in [1.82, 2.24) is 0 Å². The lowest BCUT2D eigenvalue weighted by Gasteiger charge is -2.14. The molecule has 0 aliphatic carbocycles. The highest BCUT2D eigenvalue weighted by molar-refractivity contribution is 5.92. The molecule has 0 saturated heterocycles. The highest BCUT2D eigenvalue weighted by Gasteiger charge is 2.30. The molecule has 0 heterocycles. The number of alkyl halides is 3. The average molecular weight is 395 g/mol. The monoisotopic (exact) mass is 395 g/mol. The molecule has 0 radical (unpaired) electrons. The molecule has 0 spiro atoms. The molecule has 1 unspecified atom stereocenters. The van der Waals surface area contributed by atoms with E-state index < -0.39 is 11.7 Å². The van der Waals surface area contributed by atoms with Crippen molar-refractivity contribution in [2.24, 2.45) is 10.7 Å². The lowest BCUT2D eigenvalue weighted by molar-refractivity contribution is -0.137. The summed E-state index contributed by atoms with van der Waals surface area (Å²) in [6, 6.07) is 10.6. The summed E-state index contributed by atoms with van der Waals surface area (Å²) in [5.41, 5.74) is 6.56. The van der Waals surface area contributed by atoms with Crippen LogP contribution in [-0.4, -0.2) is 26.7 Å². The molecule has 0 amide bonds. The van der Waals surface area contributed by atoms with Crippen molar-refractivity contribution in [1.29, 1.82) is 0 Å². The Kier molecular flexibility index (Phi) is 7.14. The number of aliphatic imine (C=N–C) groups is 1. The van der Waals surface area contributed by atoms with Crippen molar-refractivity contribution >= 4 is 11.6 Å². The summed E-state index contributed by atoms with van der Waals surface area (Å²) in [6.07, 6.45) is -3.78. The van der Waals surface area contributed by atoms with E-state index in [0.717, 1.165) is 6.07 Å². The first-order valence-electron chi connectivity index (χ1n) is 8.70. The molecule has 2 rings (SSSR count). The number of ether oxygens (including phenoxy) is 2. The maximum atomic E-state index is 12.8. The molecule has 2 aromatic carbocycles. The minimum atomic E-state index is -4.35. The molecule has 0 aliphatic heterocycles. The smallest absolute Gasteiger partial charge is 0.416 e. The van der Waals surface area contributed by atoms with E-state index in [2.05, 4.69) is 10.3 Å². The van der Waals surface area contributed by atoms with Crippen LogP contribution in [0.25, 0.3) is 0 Å². The van der Waals surface area contributed by atoms with Gasteiger partial charge in [0.2, 0.25) is 0 Å². The van der Waals surface area contributed by atoms with E-state index in [0.29, 0.717) is 35.7 Å². The average Bonchev–Trinajstić information content (AvgIpc) is 2.67. The van der Waals surface area contributed by atoms with E-state index in [1.807, 2.05) is 6.92 Å². The molecular formula is C20H24F3N3O2. The van der Waals surface area contributed by atoms with Crippen molar-refractivity contribution in [3.63, 3.8) is 0 Å². The lowest BCUT2D eigenvalue weighted by Crippen LogP contribution is -2.23. The fourth-order valence-electron chi connectivity index (χ4n) is 2.67.